The van der Waals surface area contributed by atoms with E-state index in [1.165, 1.54) is 12.0 Å². The van der Waals surface area contributed by atoms with Gasteiger partial charge in [0.1, 0.15) is 0 Å². The van der Waals surface area contributed by atoms with Gasteiger partial charge in [0.05, 0.1) is 11.4 Å². The Morgan fingerprint density at radius 1 is 1.22 bits per heavy atom. The Hall–Kier alpha value is -2.01. The highest BCUT2D eigenvalue weighted by Crippen LogP contribution is 2.57. The third kappa shape index (κ3) is 4.46. The van der Waals surface area contributed by atoms with E-state index in [0.29, 0.717) is 21.8 Å². The summed E-state index contributed by atoms with van der Waals surface area (Å²) in [6.07, 6.45) is 3.57. The number of anilines is 1. The van der Waals surface area contributed by atoms with E-state index < -0.39 is 6.17 Å². The van der Waals surface area contributed by atoms with Crippen LogP contribution in [0.3, 0.4) is 0 Å². The van der Waals surface area contributed by atoms with Crippen molar-refractivity contribution in [2.24, 2.45) is 10.9 Å². The van der Waals surface area contributed by atoms with Crippen LogP contribution in [-0.2, 0) is 4.79 Å². The SMILES string of the molecule is CC1=CC(NC(=S)NC2N=C(c3ccccc3Cl)c3cc(I)ccc3N(C)C2=O)CC2CC12N(C)C. The van der Waals surface area contributed by atoms with Gasteiger partial charge in [0.25, 0.3) is 5.91 Å². The second kappa shape index (κ2) is 9.70. The summed E-state index contributed by atoms with van der Waals surface area (Å²) in [7, 11) is 6.07. The molecule has 0 aromatic heterocycles. The largest absolute Gasteiger partial charge is 0.356 e. The van der Waals surface area contributed by atoms with Crippen molar-refractivity contribution < 1.29 is 4.79 Å². The van der Waals surface area contributed by atoms with Crippen molar-refractivity contribution >= 4 is 68.8 Å². The summed E-state index contributed by atoms with van der Waals surface area (Å²) in [4.78, 5) is 22.4. The maximum Gasteiger partial charge on any atom is 0.272 e. The summed E-state index contributed by atoms with van der Waals surface area (Å²) < 4.78 is 1.05. The lowest BCUT2D eigenvalue weighted by Gasteiger charge is -2.33. The number of fused-ring (bicyclic) bond motifs is 2. The molecule has 1 heterocycles. The van der Waals surface area contributed by atoms with Gasteiger partial charge in [-0.3, -0.25) is 9.69 Å². The highest BCUT2D eigenvalue weighted by Gasteiger charge is 2.59. The lowest BCUT2D eigenvalue weighted by molar-refractivity contribution is -0.119. The number of hydrogen-bond acceptors (Lipinski definition) is 4. The fourth-order valence-electron chi connectivity index (χ4n) is 5.74. The molecule has 1 aliphatic heterocycles. The zero-order valence-corrected chi connectivity index (χ0v) is 24.4. The first-order chi connectivity index (χ1) is 17.1. The van der Waals surface area contributed by atoms with Crippen molar-refractivity contribution in [1.29, 1.82) is 0 Å². The lowest BCUT2D eigenvalue weighted by Crippen LogP contribution is -2.52. The van der Waals surface area contributed by atoms with E-state index in [1.54, 1.807) is 11.9 Å². The first-order valence-electron chi connectivity index (χ1n) is 12.0. The number of likely N-dealkylation sites (N-methyl/N-ethyl adjacent to an activating group) is 2. The Labute approximate surface area is 236 Å². The van der Waals surface area contributed by atoms with E-state index in [2.05, 4.69) is 65.2 Å². The third-order valence-corrected chi connectivity index (χ3v) is 8.89. The van der Waals surface area contributed by atoms with Gasteiger partial charge in [0, 0.05) is 38.3 Å². The number of carbonyl (C=O) groups excluding carboxylic acids is 1. The molecule has 6 nitrogen and oxygen atoms in total. The molecule has 5 rings (SSSR count). The topological polar surface area (TPSA) is 60.0 Å². The highest BCUT2D eigenvalue weighted by atomic mass is 127. The van der Waals surface area contributed by atoms with Gasteiger partial charge >= 0.3 is 0 Å². The van der Waals surface area contributed by atoms with Crippen LogP contribution >= 0.6 is 46.4 Å². The van der Waals surface area contributed by atoms with Crippen LogP contribution in [0.1, 0.15) is 30.9 Å². The van der Waals surface area contributed by atoms with Crippen LogP contribution in [0.4, 0.5) is 5.69 Å². The molecule has 2 aliphatic carbocycles. The van der Waals surface area contributed by atoms with E-state index in [-0.39, 0.29) is 17.5 Å². The number of halogens is 2. The Morgan fingerprint density at radius 3 is 2.67 bits per heavy atom. The Balaban J connectivity index is 1.44. The minimum atomic E-state index is -0.887. The number of aliphatic imine (C=N–C) groups is 1. The molecule has 1 saturated carbocycles. The molecular weight excluding hydrogens is 605 g/mol. The number of hydrogen-bond donors (Lipinski definition) is 2. The highest BCUT2D eigenvalue weighted by molar-refractivity contribution is 14.1. The maximum absolute atomic E-state index is 13.5. The lowest BCUT2D eigenvalue weighted by atomic mass is 9.91. The number of nitrogens with zero attached hydrogens (tertiary/aromatic N) is 3. The van der Waals surface area contributed by atoms with Crippen molar-refractivity contribution in [2.45, 2.75) is 37.5 Å². The van der Waals surface area contributed by atoms with E-state index in [1.807, 2.05) is 42.5 Å². The second-order valence-electron chi connectivity index (χ2n) is 9.95. The predicted molar refractivity (Wildman–Crippen MR) is 159 cm³/mol. The van der Waals surface area contributed by atoms with Crippen molar-refractivity contribution in [1.82, 2.24) is 15.5 Å². The van der Waals surface area contributed by atoms with Crippen molar-refractivity contribution in [3.05, 3.63) is 73.8 Å². The van der Waals surface area contributed by atoms with Crippen LogP contribution in [0.25, 0.3) is 0 Å². The molecule has 0 saturated heterocycles. The minimum Gasteiger partial charge on any atom is -0.356 e. The predicted octanol–water partition coefficient (Wildman–Crippen LogP) is 4.59. The smallest absolute Gasteiger partial charge is 0.272 e. The molecule has 4 unspecified atom stereocenters. The van der Waals surface area contributed by atoms with Crippen LogP contribution in [0.2, 0.25) is 5.02 Å². The van der Waals surface area contributed by atoms with E-state index >= 15 is 0 Å². The molecule has 9 heteroatoms. The van der Waals surface area contributed by atoms with Gasteiger partial charge in [-0.15, -0.1) is 0 Å². The normalized spacial score (nSPS) is 26.9. The van der Waals surface area contributed by atoms with Crippen LogP contribution < -0.4 is 15.5 Å². The molecule has 0 radical (unpaired) electrons. The van der Waals surface area contributed by atoms with Gasteiger partial charge in [-0.1, -0.05) is 41.4 Å². The van der Waals surface area contributed by atoms with E-state index in [0.717, 1.165) is 26.8 Å². The Kier molecular flexibility index (Phi) is 6.91. The number of rotatable bonds is 4. The monoisotopic (exact) mass is 633 g/mol. The van der Waals surface area contributed by atoms with Gasteiger partial charge in [0.15, 0.2) is 5.11 Å². The molecule has 1 amide bonds. The number of benzene rings is 2. The Bertz CT molecular complexity index is 1310. The van der Waals surface area contributed by atoms with Crippen LogP contribution in [0, 0.1) is 9.49 Å². The fraction of sp³-hybridized carbons (Fsp3) is 0.370. The molecular formula is C27H29ClIN5OS. The van der Waals surface area contributed by atoms with Crippen LogP contribution in [0.15, 0.2) is 59.1 Å². The number of carbonyl (C=O) groups is 1. The molecule has 36 heavy (non-hydrogen) atoms. The summed E-state index contributed by atoms with van der Waals surface area (Å²) in [5.74, 6) is 0.429. The molecule has 188 valence electrons. The zero-order chi connectivity index (χ0) is 25.8. The summed E-state index contributed by atoms with van der Waals surface area (Å²) in [6.45, 7) is 2.20. The van der Waals surface area contributed by atoms with Crippen LogP contribution in [0.5, 0.6) is 0 Å². The average molecular weight is 634 g/mol. The van der Waals surface area contributed by atoms with E-state index in [9.17, 15) is 4.79 Å². The van der Waals surface area contributed by atoms with Gasteiger partial charge in [-0.05, 0) is 98.9 Å². The minimum absolute atomic E-state index is 0.120. The first-order valence-corrected chi connectivity index (χ1v) is 13.8. The molecule has 0 spiro atoms. The second-order valence-corrected chi connectivity index (χ2v) is 12.0. The average Bonchev–Trinajstić information content (AvgIpc) is 3.58. The summed E-state index contributed by atoms with van der Waals surface area (Å²) in [5, 5.41) is 7.60. The summed E-state index contributed by atoms with van der Waals surface area (Å²) >= 11 is 14.5. The van der Waals surface area contributed by atoms with Gasteiger partial charge in [-0.2, -0.15) is 0 Å². The number of nitrogens with one attached hydrogen (secondary N) is 2. The molecule has 2 N–H and O–H groups in total. The molecule has 2 aromatic rings. The Morgan fingerprint density at radius 2 is 1.97 bits per heavy atom. The number of benzodiazepines with no additional fused rings is 1. The first kappa shape index (κ1) is 25.6. The fourth-order valence-corrected chi connectivity index (χ4v) is 6.72. The van der Waals surface area contributed by atoms with Crippen LogP contribution in [-0.4, -0.2) is 60.5 Å². The van der Waals surface area contributed by atoms with E-state index in [4.69, 9.17) is 28.8 Å². The maximum atomic E-state index is 13.5. The van der Waals surface area contributed by atoms with Gasteiger partial charge < -0.3 is 15.5 Å². The molecule has 4 atom stereocenters. The zero-order valence-electron chi connectivity index (χ0n) is 20.7. The summed E-state index contributed by atoms with van der Waals surface area (Å²) in [6, 6.07) is 13.6. The molecule has 0 bridgehead atoms. The number of amides is 1. The quantitative estimate of drug-likeness (QED) is 0.293. The molecule has 2 aromatic carbocycles. The standard InChI is InChI=1S/C27H29ClIN5OS/c1-15-11-18(12-16-14-27(15,16)33(2)3)30-26(36)32-24-25(35)34(4)22-10-9-17(29)13-20(22)23(31-24)19-7-5-6-8-21(19)28/h5-11,13,16,18,24H,12,14H2,1-4H3,(H2,30,32,36). The van der Waals surface area contributed by atoms with Crippen molar-refractivity contribution in [3.8, 4) is 0 Å². The molecule has 1 fully saturated rings. The summed E-state index contributed by atoms with van der Waals surface area (Å²) in [5.41, 5.74) is 4.64. The van der Waals surface area contributed by atoms with Gasteiger partial charge in [-0.25, -0.2) is 4.99 Å². The molecule has 3 aliphatic rings. The third-order valence-electron chi connectivity index (χ3n) is 7.65. The van der Waals surface area contributed by atoms with Gasteiger partial charge in [0.2, 0.25) is 6.17 Å². The van der Waals surface area contributed by atoms with Crippen molar-refractivity contribution in [2.75, 3.05) is 26.0 Å². The number of thiocarbonyl (C=S) groups is 1. The van der Waals surface area contributed by atoms with Crippen molar-refractivity contribution in [3.63, 3.8) is 0 Å².